The molecule has 0 bridgehead atoms. The van der Waals surface area contributed by atoms with E-state index in [1.165, 1.54) is 0 Å². The van der Waals surface area contributed by atoms with E-state index in [2.05, 4.69) is 19.2 Å². The van der Waals surface area contributed by atoms with Gasteiger partial charge in [0.25, 0.3) is 0 Å². The summed E-state index contributed by atoms with van der Waals surface area (Å²) in [6.45, 7) is 6.05. The number of hydrogen-bond donors (Lipinski definition) is 1. The summed E-state index contributed by atoms with van der Waals surface area (Å²) in [5.41, 5.74) is 2.26. The first-order valence-corrected chi connectivity index (χ1v) is 6.34. The van der Waals surface area contributed by atoms with E-state index in [9.17, 15) is 4.79 Å². The minimum absolute atomic E-state index is 0.231. The predicted octanol–water partition coefficient (Wildman–Crippen LogP) is 1.96. The molecule has 0 spiro atoms. The fraction of sp³-hybridized carbons (Fsp3) is 0.500. The average Bonchev–Trinajstić information content (AvgIpc) is 2.62. The van der Waals surface area contributed by atoms with Gasteiger partial charge < -0.3 is 10.2 Å². The Morgan fingerprint density at radius 1 is 1.41 bits per heavy atom. The summed E-state index contributed by atoms with van der Waals surface area (Å²) in [5.74, 6) is 0.231. The van der Waals surface area contributed by atoms with Crippen LogP contribution in [0.5, 0.6) is 0 Å². The Morgan fingerprint density at radius 3 is 2.94 bits per heavy atom. The molecule has 1 amide bonds. The van der Waals surface area contributed by atoms with Gasteiger partial charge in [0.1, 0.15) is 0 Å². The Morgan fingerprint density at radius 2 is 2.18 bits per heavy atom. The van der Waals surface area contributed by atoms with Crippen LogP contribution in [0.1, 0.15) is 25.8 Å². The van der Waals surface area contributed by atoms with Crippen LogP contribution in [0.2, 0.25) is 0 Å². The van der Waals surface area contributed by atoms with Crippen molar-refractivity contribution < 1.29 is 4.79 Å². The topological polar surface area (TPSA) is 32.3 Å². The lowest BCUT2D eigenvalue weighted by atomic mass is 10.2. The van der Waals surface area contributed by atoms with Crippen molar-refractivity contribution in [3.8, 4) is 0 Å². The van der Waals surface area contributed by atoms with Crippen LogP contribution < -0.4 is 10.2 Å². The summed E-state index contributed by atoms with van der Waals surface area (Å²) in [7, 11) is 0. The molecule has 1 atom stereocenters. The first-order valence-electron chi connectivity index (χ1n) is 6.34. The number of nitrogens with zero attached hydrogens (tertiary/aromatic N) is 1. The molecule has 2 rings (SSSR count). The van der Waals surface area contributed by atoms with Gasteiger partial charge >= 0.3 is 0 Å². The Hall–Kier alpha value is -1.35. The first kappa shape index (κ1) is 12.1. The molecule has 0 radical (unpaired) electrons. The van der Waals surface area contributed by atoms with Gasteiger partial charge in [-0.1, -0.05) is 25.1 Å². The van der Waals surface area contributed by atoms with E-state index in [-0.39, 0.29) is 5.91 Å². The third kappa shape index (κ3) is 2.67. The maximum atomic E-state index is 11.9. The van der Waals surface area contributed by atoms with Crippen LogP contribution in [-0.4, -0.2) is 25.0 Å². The quantitative estimate of drug-likeness (QED) is 0.841. The van der Waals surface area contributed by atoms with E-state index in [1.54, 1.807) is 0 Å². The zero-order valence-corrected chi connectivity index (χ0v) is 10.6. The Balaban J connectivity index is 1.99. The highest BCUT2D eigenvalue weighted by Crippen LogP contribution is 2.28. The standard InChI is InChI=1S/C14H20N2O/c1-3-15-11(2)8-9-16-13-7-5-4-6-12(13)10-14(16)17/h4-7,11,15H,3,8-10H2,1-2H3. The molecule has 1 unspecified atom stereocenters. The van der Waals surface area contributed by atoms with Crippen LogP contribution in [0.3, 0.4) is 0 Å². The molecule has 0 fully saturated rings. The minimum atomic E-state index is 0.231. The number of hydrogen-bond acceptors (Lipinski definition) is 2. The van der Waals surface area contributed by atoms with Gasteiger partial charge in [-0.3, -0.25) is 4.79 Å². The fourth-order valence-corrected chi connectivity index (χ4v) is 2.33. The molecule has 1 heterocycles. The maximum absolute atomic E-state index is 11.9. The molecule has 92 valence electrons. The second-order valence-electron chi connectivity index (χ2n) is 4.60. The number of nitrogens with one attached hydrogen (secondary N) is 1. The van der Waals surface area contributed by atoms with E-state index in [1.807, 2.05) is 29.2 Å². The van der Waals surface area contributed by atoms with Crippen LogP contribution in [0.25, 0.3) is 0 Å². The van der Waals surface area contributed by atoms with E-state index in [0.29, 0.717) is 12.5 Å². The zero-order chi connectivity index (χ0) is 12.3. The number of anilines is 1. The van der Waals surface area contributed by atoms with E-state index in [4.69, 9.17) is 0 Å². The van der Waals surface area contributed by atoms with Crippen molar-refractivity contribution in [1.82, 2.24) is 5.32 Å². The number of carbonyl (C=O) groups excluding carboxylic acids is 1. The molecule has 0 aromatic heterocycles. The summed E-state index contributed by atoms with van der Waals surface area (Å²) in [6, 6.07) is 8.54. The molecule has 1 aliphatic rings. The van der Waals surface area contributed by atoms with Crippen molar-refractivity contribution in [3.63, 3.8) is 0 Å². The lowest BCUT2D eigenvalue weighted by Crippen LogP contribution is -2.34. The molecule has 3 heteroatoms. The Kier molecular flexibility index (Phi) is 3.79. The summed E-state index contributed by atoms with van der Waals surface area (Å²) in [6.07, 6.45) is 1.56. The number of rotatable bonds is 5. The molecule has 17 heavy (non-hydrogen) atoms. The van der Waals surface area contributed by atoms with E-state index >= 15 is 0 Å². The van der Waals surface area contributed by atoms with Crippen molar-refractivity contribution in [1.29, 1.82) is 0 Å². The number of benzene rings is 1. The molecule has 0 aliphatic carbocycles. The molecule has 0 saturated carbocycles. The van der Waals surface area contributed by atoms with E-state index in [0.717, 1.165) is 30.8 Å². The largest absolute Gasteiger partial charge is 0.314 e. The van der Waals surface area contributed by atoms with Gasteiger partial charge in [-0.15, -0.1) is 0 Å². The second-order valence-corrected chi connectivity index (χ2v) is 4.60. The van der Waals surface area contributed by atoms with Crippen LogP contribution >= 0.6 is 0 Å². The number of amides is 1. The highest BCUT2D eigenvalue weighted by molar-refractivity contribution is 6.01. The Labute approximate surface area is 103 Å². The van der Waals surface area contributed by atoms with Gasteiger partial charge in [-0.05, 0) is 31.5 Å². The van der Waals surface area contributed by atoms with Crippen LogP contribution in [-0.2, 0) is 11.2 Å². The van der Waals surface area contributed by atoms with Crippen molar-refractivity contribution in [2.75, 3.05) is 18.0 Å². The highest BCUT2D eigenvalue weighted by atomic mass is 16.2. The van der Waals surface area contributed by atoms with Gasteiger partial charge in [-0.25, -0.2) is 0 Å². The van der Waals surface area contributed by atoms with Crippen LogP contribution in [0, 0.1) is 0 Å². The number of fused-ring (bicyclic) bond motifs is 1. The number of para-hydroxylation sites is 1. The third-order valence-electron chi connectivity index (χ3n) is 3.26. The molecule has 1 aliphatic heterocycles. The number of carbonyl (C=O) groups is 1. The fourth-order valence-electron chi connectivity index (χ4n) is 2.33. The first-order chi connectivity index (χ1) is 8.22. The normalized spacial score (nSPS) is 16.1. The second kappa shape index (κ2) is 5.32. The Bertz CT molecular complexity index is 403. The predicted molar refractivity (Wildman–Crippen MR) is 70.3 cm³/mol. The molecular formula is C14H20N2O. The lowest BCUT2D eigenvalue weighted by molar-refractivity contribution is -0.117. The van der Waals surface area contributed by atoms with Gasteiger partial charge in [0.2, 0.25) is 5.91 Å². The summed E-state index contributed by atoms with van der Waals surface area (Å²) < 4.78 is 0. The van der Waals surface area contributed by atoms with Gasteiger partial charge in [0, 0.05) is 18.3 Å². The van der Waals surface area contributed by atoms with Gasteiger partial charge in [0.05, 0.1) is 6.42 Å². The minimum Gasteiger partial charge on any atom is -0.314 e. The SMILES string of the molecule is CCNC(C)CCN1C(=O)Cc2ccccc21. The summed E-state index contributed by atoms with van der Waals surface area (Å²) in [5, 5.41) is 3.37. The van der Waals surface area contributed by atoms with E-state index < -0.39 is 0 Å². The molecule has 1 aromatic carbocycles. The van der Waals surface area contributed by atoms with Crippen molar-refractivity contribution in [2.24, 2.45) is 0 Å². The highest BCUT2D eigenvalue weighted by Gasteiger charge is 2.26. The molecular weight excluding hydrogens is 212 g/mol. The van der Waals surface area contributed by atoms with Crippen LogP contribution in [0.15, 0.2) is 24.3 Å². The molecule has 3 nitrogen and oxygen atoms in total. The average molecular weight is 232 g/mol. The lowest BCUT2D eigenvalue weighted by Gasteiger charge is -2.20. The summed E-state index contributed by atoms with van der Waals surface area (Å²) >= 11 is 0. The van der Waals surface area contributed by atoms with Crippen LogP contribution in [0.4, 0.5) is 5.69 Å². The molecule has 1 N–H and O–H groups in total. The molecule has 0 saturated heterocycles. The van der Waals surface area contributed by atoms with Crippen molar-refractivity contribution in [2.45, 2.75) is 32.7 Å². The van der Waals surface area contributed by atoms with Crippen molar-refractivity contribution >= 4 is 11.6 Å². The monoisotopic (exact) mass is 232 g/mol. The van der Waals surface area contributed by atoms with Gasteiger partial charge in [0.15, 0.2) is 0 Å². The molecule has 1 aromatic rings. The summed E-state index contributed by atoms with van der Waals surface area (Å²) in [4.78, 5) is 13.8. The van der Waals surface area contributed by atoms with Crippen molar-refractivity contribution in [3.05, 3.63) is 29.8 Å². The maximum Gasteiger partial charge on any atom is 0.231 e. The zero-order valence-electron chi connectivity index (χ0n) is 10.6. The van der Waals surface area contributed by atoms with Gasteiger partial charge in [-0.2, -0.15) is 0 Å². The smallest absolute Gasteiger partial charge is 0.231 e. The third-order valence-corrected chi connectivity index (χ3v) is 3.26.